The van der Waals surface area contributed by atoms with Crippen LogP contribution in [0, 0.1) is 0 Å². The van der Waals surface area contributed by atoms with E-state index in [1.165, 1.54) is 21.7 Å². The molecule has 0 aliphatic rings. The molecule has 0 atom stereocenters. The van der Waals surface area contributed by atoms with Gasteiger partial charge in [0, 0.05) is 0 Å². The second kappa shape index (κ2) is 23.9. The van der Waals surface area contributed by atoms with Crippen LogP contribution in [0.15, 0.2) is 0 Å². The number of ether oxygens (including phenoxy) is 2. The molecule has 0 aliphatic carbocycles. The predicted octanol–water partition coefficient (Wildman–Crippen LogP) is 3.73. The van der Waals surface area contributed by atoms with Gasteiger partial charge in [0.25, 0.3) is 0 Å². The van der Waals surface area contributed by atoms with Crippen LogP contribution in [0.5, 0.6) is 0 Å². The van der Waals surface area contributed by atoms with Gasteiger partial charge in [-0.1, -0.05) is 0 Å². The van der Waals surface area contributed by atoms with E-state index in [0.717, 1.165) is 64.5 Å². The van der Waals surface area contributed by atoms with Gasteiger partial charge in [0.05, 0.1) is 0 Å². The van der Waals surface area contributed by atoms with Crippen LogP contribution in [0.3, 0.4) is 0 Å². The monoisotopic (exact) mass is 520 g/mol. The van der Waals surface area contributed by atoms with Crippen LogP contribution in [0.2, 0.25) is 8.87 Å². The first-order valence-electron chi connectivity index (χ1n) is 11.5. The Bertz CT molecular complexity index is 350. The number of rotatable bonds is 22. The number of hydrogen-bond acceptors (Lipinski definition) is 6. The van der Waals surface area contributed by atoms with Gasteiger partial charge in [0.15, 0.2) is 0 Å². The number of esters is 2. The number of carbonyl (C=O) groups excluding carboxylic acids is 2. The van der Waals surface area contributed by atoms with Gasteiger partial charge in [-0.3, -0.25) is 0 Å². The Morgan fingerprint density at radius 1 is 0.621 bits per heavy atom. The van der Waals surface area contributed by atoms with Crippen LogP contribution in [-0.2, 0) is 19.1 Å². The fourth-order valence-corrected chi connectivity index (χ4v) is 6.41. The molecule has 0 spiro atoms. The third kappa shape index (κ3) is 23.8. The topological polar surface area (TPSA) is 76.7 Å². The molecule has 0 aromatic rings. The molecule has 0 aliphatic heterocycles. The molecule has 2 radical (unpaired) electrons. The Morgan fingerprint density at radius 2 is 1.07 bits per heavy atom. The second-order valence-electron chi connectivity index (χ2n) is 7.43. The van der Waals surface area contributed by atoms with Crippen LogP contribution in [-0.4, -0.2) is 73.5 Å². The fraction of sp³-hybridized carbons (Fsp3) is 0.909. The summed E-state index contributed by atoms with van der Waals surface area (Å²) in [6.07, 6.45) is 11.7. The number of unbranched alkanes of at least 4 members (excludes halogenated alkanes) is 6. The van der Waals surface area contributed by atoms with Crippen LogP contribution < -0.4 is 10.6 Å². The zero-order chi connectivity index (χ0) is 21.4. The Kier molecular flexibility index (Phi) is 23.7. The van der Waals surface area contributed by atoms with E-state index in [9.17, 15) is 9.59 Å². The van der Waals surface area contributed by atoms with Crippen molar-refractivity contribution in [1.29, 1.82) is 0 Å². The number of hydrogen-bond donors (Lipinski definition) is 2. The molecular weight excluding hydrogens is 475 g/mol. The SMILES string of the molecule is CNCCCCCC(=O)OCCC[CH2][Sn][CH2]CCCOC(=O)CCCCCNC. The van der Waals surface area contributed by atoms with Crippen molar-refractivity contribution in [1.82, 2.24) is 10.6 Å². The minimum absolute atomic E-state index is 0.0399. The van der Waals surface area contributed by atoms with Gasteiger partial charge in [-0.05, 0) is 14.1 Å². The first-order chi connectivity index (χ1) is 14.2. The second-order valence-corrected chi connectivity index (χ2v) is 11.7. The molecule has 0 unspecified atom stereocenters. The van der Waals surface area contributed by atoms with E-state index in [0.29, 0.717) is 26.1 Å². The summed E-state index contributed by atoms with van der Waals surface area (Å²) < 4.78 is 13.3. The molecule has 0 fully saturated rings. The van der Waals surface area contributed by atoms with Gasteiger partial charge in [-0.2, -0.15) is 0 Å². The summed E-state index contributed by atoms with van der Waals surface area (Å²) in [7, 11) is 3.90. The smallest absolute Gasteiger partial charge is 0.0164 e. The summed E-state index contributed by atoms with van der Waals surface area (Å²) in [4.78, 5) is 23.2. The molecule has 0 rings (SSSR count). The standard InChI is InChI=1S/2C11H22NO2.Sn/c2*1-3-4-10-14-11(13)8-6-5-7-9-12-2;/h2*12H,1,3-10H2,2H3;. The Labute approximate surface area is 188 Å². The van der Waals surface area contributed by atoms with Crippen molar-refractivity contribution >= 4 is 33.1 Å². The molecule has 0 bridgehead atoms. The number of nitrogens with one attached hydrogen (secondary N) is 2. The van der Waals surface area contributed by atoms with Crippen molar-refractivity contribution < 1.29 is 19.1 Å². The van der Waals surface area contributed by atoms with Crippen molar-refractivity contribution in [2.75, 3.05) is 40.4 Å². The van der Waals surface area contributed by atoms with Gasteiger partial charge in [-0.25, -0.2) is 0 Å². The van der Waals surface area contributed by atoms with E-state index < -0.39 is 0 Å². The van der Waals surface area contributed by atoms with E-state index >= 15 is 0 Å². The Hall–Kier alpha value is -0.341. The summed E-state index contributed by atoms with van der Waals surface area (Å²) >= 11 is -0.291. The summed E-state index contributed by atoms with van der Waals surface area (Å²) in [5.41, 5.74) is 0. The van der Waals surface area contributed by atoms with Gasteiger partial charge in [0.2, 0.25) is 0 Å². The minimum Gasteiger partial charge on any atom is -0.0164 e. The zero-order valence-electron chi connectivity index (χ0n) is 18.9. The zero-order valence-corrected chi connectivity index (χ0v) is 21.7. The molecule has 2 N–H and O–H groups in total. The Morgan fingerprint density at radius 3 is 1.48 bits per heavy atom. The first kappa shape index (κ1) is 28.7. The molecule has 6 nitrogen and oxygen atoms in total. The van der Waals surface area contributed by atoms with E-state index in [4.69, 9.17) is 9.47 Å². The molecule has 170 valence electrons. The molecular formula is C22H44N2O4Sn. The van der Waals surface area contributed by atoms with E-state index in [1.807, 2.05) is 14.1 Å². The maximum atomic E-state index is 11.6. The normalized spacial score (nSPS) is 10.8. The fourth-order valence-electron chi connectivity index (χ4n) is 2.84. The van der Waals surface area contributed by atoms with Gasteiger partial charge in [0.1, 0.15) is 0 Å². The van der Waals surface area contributed by atoms with Gasteiger partial charge < -0.3 is 0 Å². The van der Waals surface area contributed by atoms with Crippen LogP contribution in [0.25, 0.3) is 0 Å². The third-order valence-electron chi connectivity index (χ3n) is 4.64. The predicted molar refractivity (Wildman–Crippen MR) is 121 cm³/mol. The molecule has 0 saturated carbocycles. The molecule has 29 heavy (non-hydrogen) atoms. The molecule has 0 aromatic heterocycles. The van der Waals surface area contributed by atoms with Crippen molar-refractivity contribution in [2.45, 2.75) is 85.9 Å². The Balaban J connectivity index is 3.21. The summed E-state index contributed by atoms with van der Waals surface area (Å²) in [5, 5.41) is 6.22. The van der Waals surface area contributed by atoms with Gasteiger partial charge in [-0.15, -0.1) is 0 Å². The average Bonchev–Trinajstić information content (AvgIpc) is 2.71. The van der Waals surface area contributed by atoms with E-state index in [-0.39, 0.29) is 33.1 Å². The molecule has 7 heteroatoms. The van der Waals surface area contributed by atoms with Crippen molar-refractivity contribution in [2.24, 2.45) is 0 Å². The third-order valence-corrected chi connectivity index (χ3v) is 8.67. The van der Waals surface area contributed by atoms with Gasteiger partial charge >= 0.3 is 175 Å². The minimum atomic E-state index is -0.291. The summed E-state index contributed by atoms with van der Waals surface area (Å²) in [6.45, 7) is 3.20. The molecule has 0 saturated heterocycles. The number of carbonyl (C=O) groups is 2. The molecule has 0 amide bonds. The maximum absolute atomic E-state index is 11.6. The quantitative estimate of drug-likeness (QED) is 0.129. The van der Waals surface area contributed by atoms with Crippen LogP contribution in [0.4, 0.5) is 0 Å². The van der Waals surface area contributed by atoms with E-state index in [1.54, 1.807) is 0 Å². The van der Waals surface area contributed by atoms with Crippen molar-refractivity contribution in [3.63, 3.8) is 0 Å². The van der Waals surface area contributed by atoms with Crippen LogP contribution in [0.1, 0.15) is 77.0 Å². The van der Waals surface area contributed by atoms with Crippen molar-refractivity contribution in [3.8, 4) is 0 Å². The summed E-state index contributed by atoms with van der Waals surface area (Å²) in [6, 6.07) is 0. The van der Waals surface area contributed by atoms with Crippen molar-refractivity contribution in [3.05, 3.63) is 0 Å². The average molecular weight is 519 g/mol. The summed E-state index contributed by atoms with van der Waals surface area (Å²) in [5.74, 6) is -0.0797. The van der Waals surface area contributed by atoms with Crippen LogP contribution >= 0.6 is 0 Å². The first-order valence-corrected chi connectivity index (χ1v) is 15.6. The molecule has 0 aromatic carbocycles. The molecule has 0 heterocycles. The van der Waals surface area contributed by atoms with E-state index in [2.05, 4.69) is 10.6 Å².